The molecule has 5 heteroatoms. The average Bonchev–Trinajstić information content (AvgIpc) is 2.60. The second-order valence-corrected chi connectivity index (χ2v) is 6.82. The zero-order valence-corrected chi connectivity index (χ0v) is 14.7. The van der Waals surface area contributed by atoms with Crippen LogP contribution in [-0.4, -0.2) is 42.2 Å². The van der Waals surface area contributed by atoms with Crippen molar-refractivity contribution in [3.63, 3.8) is 0 Å². The van der Waals surface area contributed by atoms with Crippen molar-refractivity contribution in [1.82, 2.24) is 4.90 Å². The fourth-order valence-electron chi connectivity index (χ4n) is 2.77. The molecule has 0 saturated carbocycles. The molecule has 23 heavy (non-hydrogen) atoms. The van der Waals surface area contributed by atoms with E-state index in [0.29, 0.717) is 19.7 Å². The molecular weight excluding hydrogens is 310 g/mol. The Hall–Kier alpha value is -1.49. The van der Waals surface area contributed by atoms with Crippen molar-refractivity contribution in [2.75, 3.05) is 25.4 Å². The highest BCUT2D eigenvalue weighted by atomic mass is 32.2. The molecule has 126 valence electrons. The molecule has 1 aliphatic heterocycles. The van der Waals surface area contributed by atoms with Crippen molar-refractivity contribution in [1.29, 1.82) is 0 Å². The maximum absolute atomic E-state index is 12.9. The fraction of sp³-hybridized carbons (Fsp3) is 0.556. The standard InChI is InChI=1S/C18H25NO3S/c1-3-12-23-16-10-6-5-9-15(16)17(20)19-11-7-8-14(13-19)18(21)22-4-2/h5-6,9-10,14H,3-4,7-8,11-13H2,1-2H3/t14-/m0/s1. The molecule has 0 bridgehead atoms. The van der Waals surface area contributed by atoms with Gasteiger partial charge in [0.1, 0.15) is 0 Å². The number of rotatable bonds is 6. The third-order valence-electron chi connectivity index (χ3n) is 3.91. The number of thioether (sulfide) groups is 1. The average molecular weight is 335 g/mol. The number of hydrogen-bond donors (Lipinski definition) is 0. The van der Waals surface area contributed by atoms with Crippen LogP contribution in [0.3, 0.4) is 0 Å². The largest absolute Gasteiger partial charge is 0.466 e. The lowest BCUT2D eigenvalue weighted by Crippen LogP contribution is -2.43. The van der Waals surface area contributed by atoms with E-state index in [4.69, 9.17) is 4.74 Å². The lowest BCUT2D eigenvalue weighted by molar-refractivity contribution is -0.149. The van der Waals surface area contributed by atoms with Crippen LogP contribution in [-0.2, 0) is 9.53 Å². The first-order valence-electron chi connectivity index (χ1n) is 8.35. The number of benzene rings is 1. The predicted molar refractivity (Wildman–Crippen MR) is 92.7 cm³/mol. The van der Waals surface area contributed by atoms with Crippen molar-refractivity contribution in [3.8, 4) is 0 Å². The van der Waals surface area contributed by atoms with Gasteiger partial charge >= 0.3 is 5.97 Å². The number of amides is 1. The molecule has 1 aliphatic rings. The number of hydrogen-bond acceptors (Lipinski definition) is 4. The van der Waals surface area contributed by atoms with Gasteiger partial charge < -0.3 is 9.64 Å². The lowest BCUT2D eigenvalue weighted by Gasteiger charge is -2.32. The minimum Gasteiger partial charge on any atom is -0.466 e. The predicted octanol–water partition coefficient (Wildman–Crippen LogP) is 3.60. The lowest BCUT2D eigenvalue weighted by atomic mass is 9.97. The number of likely N-dealkylation sites (tertiary alicyclic amines) is 1. The Bertz CT molecular complexity index is 547. The number of carbonyl (C=O) groups is 2. The van der Waals surface area contributed by atoms with Crippen LogP contribution < -0.4 is 0 Å². The Morgan fingerprint density at radius 2 is 2.09 bits per heavy atom. The molecular formula is C18H25NO3S. The van der Waals surface area contributed by atoms with Gasteiger partial charge in [0.05, 0.1) is 18.1 Å². The van der Waals surface area contributed by atoms with Crippen LogP contribution >= 0.6 is 11.8 Å². The first-order chi connectivity index (χ1) is 11.2. The van der Waals surface area contributed by atoms with Crippen LogP contribution in [0.2, 0.25) is 0 Å². The van der Waals surface area contributed by atoms with Gasteiger partial charge in [0, 0.05) is 18.0 Å². The Balaban J connectivity index is 2.09. The van der Waals surface area contributed by atoms with Crippen LogP contribution in [0.25, 0.3) is 0 Å². The molecule has 4 nitrogen and oxygen atoms in total. The normalized spacial score (nSPS) is 17.8. The van der Waals surface area contributed by atoms with E-state index in [1.807, 2.05) is 31.2 Å². The molecule has 0 spiro atoms. The third kappa shape index (κ3) is 4.74. The number of esters is 1. The van der Waals surface area contributed by atoms with E-state index >= 15 is 0 Å². The quantitative estimate of drug-likeness (QED) is 0.588. The topological polar surface area (TPSA) is 46.6 Å². The second kappa shape index (κ2) is 8.96. The number of nitrogens with zero attached hydrogens (tertiary/aromatic N) is 1. The molecule has 1 heterocycles. The van der Waals surface area contributed by atoms with Gasteiger partial charge in [-0.2, -0.15) is 0 Å². The Kier molecular flexibility index (Phi) is 6.96. The molecule has 0 unspecified atom stereocenters. The molecule has 1 amide bonds. The summed E-state index contributed by atoms with van der Waals surface area (Å²) in [5.41, 5.74) is 0.746. The third-order valence-corrected chi connectivity index (χ3v) is 5.19. The van der Waals surface area contributed by atoms with Gasteiger partial charge in [0.25, 0.3) is 5.91 Å². The van der Waals surface area contributed by atoms with Crippen LogP contribution in [0, 0.1) is 5.92 Å². The zero-order valence-electron chi connectivity index (χ0n) is 13.9. The highest BCUT2D eigenvalue weighted by molar-refractivity contribution is 7.99. The summed E-state index contributed by atoms with van der Waals surface area (Å²) in [5, 5.41) is 0. The molecule has 1 saturated heterocycles. The summed E-state index contributed by atoms with van der Waals surface area (Å²) >= 11 is 1.72. The van der Waals surface area contributed by atoms with Crippen molar-refractivity contribution in [3.05, 3.63) is 29.8 Å². The minimum absolute atomic E-state index is 0.0261. The summed E-state index contributed by atoms with van der Waals surface area (Å²) in [7, 11) is 0. The highest BCUT2D eigenvalue weighted by Gasteiger charge is 2.30. The smallest absolute Gasteiger partial charge is 0.310 e. The molecule has 0 aromatic heterocycles. The van der Waals surface area contributed by atoms with Gasteiger partial charge in [-0.1, -0.05) is 19.1 Å². The highest BCUT2D eigenvalue weighted by Crippen LogP contribution is 2.26. The first-order valence-corrected chi connectivity index (χ1v) is 9.33. The number of ether oxygens (including phenoxy) is 1. The van der Waals surface area contributed by atoms with Crippen molar-refractivity contribution < 1.29 is 14.3 Å². The van der Waals surface area contributed by atoms with E-state index in [1.54, 1.807) is 16.7 Å². The SMILES string of the molecule is CCCSc1ccccc1C(=O)N1CCC[C@H](C(=O)OCC)C1. The molecule has 1 atom stereocenters. The van der Waals surface area contributed by atoms with Crippen LogP contribution in [0.1, 0.15) is 43.5 Å². The van der Waals surface area contributed by atoms with Gasteiger partial charge in [-0.25, -0.2) is 0 Å². The summed E-state index contributed by atoms with van der Waals surface area (Å²) in [5.74, 6) is 0.649. The maximum Gasteiger partial charge on any atom is 0.310 e. The van der Waals surface area contributed by atoms with Gasteiger partial charge in [-0.3, -0.25) is 9.59 Å². The minimum atomic E-state index is -0.192. The summed E-state index contributed by atoms with van der Waals surface area (Å²) in [6.07, 6.45) is 2.72. The monoisotopic (exact) mass is 335 g/mol. The van der Waals surface area contributed by atoms with E-state index in [9.17, 15) is 9.59 Å². The van der Waals surface area contributed by atoms with Crippen molar-refractivity contribution >= 4 is 23.6 Å². The van der Waals surface area contributed by atoms with Gasteiger partial charge in [0.2, 0.25) is 0 Å². The zero-order chi connectivity index (χ0) is 16.7. The fourth-order valence-corrected chi connectivity index (χ4v) is 3.68. The summed E-state index contributed by atoms with van der Waals surface area (Å²) in [6.45, 7) is 5.50. The van der Waals surface area contributed by atoms with Crippen LogP contribution in [0.15, 0.2) is 29.2 Å². The number of piperidine rings is 1. The molecule has 2 rings (SSSR count). The van der Waals surface area contributed by atoms with Gasteiger partial charge in [0.15, 0.2) is 0 Å². The summed E-state index contributed by atoms with van der Waals surface area (Å²) < 4.78 is 5.11. The Morgan fingerprint density at radius 3 is 2.83 bits per heavy atom. The van der Waals surface area contributed by atoms with Crippen molar-refractivity contribution in [2.24, 2.45) is 5.92 Å². The Labute approximate surface area is 142 Å². The van der Waals surface area contributed by atoms with E-state index in [1.165, 1.54) is 0 Å². The van der Waals surface area contributed by atoms with Crippen LogP contribution in [0.5, 0.6) is 0 Å². The molecule has 0 aliphatic carbocycles. The van der Waals surface area contributed by atoms with Gasteiger partial charge in [-0.05, 0) is 44.1 Å². The van der Waals surface area contributed by atoms with Crippen molar-refractivity contribution in [2.45, 2.75) is 38.0 Å². The molecule has 1 fully saturated rings. The second-order valence-electron chi connectivity index (χ2n) is 5.69. The van der Waals surface area contributed by atoms with Gasteiger partial charge in [-0.15, -0.1) is 11.8 Å². The molecule has 0 radical (unpaired) electrons. The van der Waals surface area contributed by atoms with E-state index in [0.717, 1.165) is 35.5 Å². The van der Waals surface area contributed by atoms with E-state index in [2.05, 4.69) is 6.92 Å². The van der Waals surface area contributed by atoms with E-state index < -0.39 is 0 Å². The number of carbonyl (C=O) groups excluding carboxylic acids is 2. The summed E-state index contributed by atoms with van der Waals surface area (Å²) in [6, 6.07) is 7.75. The summed E-state index contributed by atoms with van der Waals surface area (Å²) in [4.78, 5) is 27.6. The maximum atomic E-state index is 12.9. The molecule has 0 N–H and O–H groups in total. The van der Waals surface area contributed by atoms with E-state index in [-0.39, 0.29) is 17.8 Å². The molecule has 1 aromatic rings. The van der Waals surface area contributed by atoms with Crippen LogP contribution in [0.4, 0.5) is 0 Å². The molecule has 1 aromatic carbocycles. The first kappa shape index (κ1) is 17.9. The Morgan fingerprint density at radius 1 is 1.30 bits per heavy atom.